The fourth-order valence-corrected chi connectivity index (χ4v) is 3.97. The molecule has 0 atom stereocenters. The molecule has 0 aromatic heterocycles. The lowest BCUT2D eigenvalue weighted by atomic mass is 10.1. The van der Waals surface area contributed by atoms with Crippen LogP contribution in [0.15, 0.2) is 0 Å². The van der Waals surface area contributed by atoms with Crippen LogP contribution < -0.4 is 0 Å². The molecule has 6 heteroatoms. The minimum atomic E-state index is 0.682. The van der Waals surface area contributed by atoms with Gasteiger partial charge >= 0.3 is 0 Å². The third kappa shape index (κ3) is 19.2. The smallest absolute Gasteiger partial charge is 0.0701 e. The predicted molar refractivity (Wildman–Crippen MR) is 134 cm³/mol. The first-order valence-electron chi connectivity index (χ1n) is 13.6. The zero-order valence-corrected chi connectivity index (χ0v) is 21.5. The van der Waals surface area contributed by atoms with Crippen LogP contribution in [0.25, 0.3) is 0 Å². The number of nitrogens with zero attached hydrogens (tertiary/aromatic N) is 2. The van der Waals surface area contributed by atoms with E-state index in [-0.39, 0.29) is 0 Å². The second kappa shape index (κ2) is 23.9. The second-order valence-corrected chi connectivity index (χ2v) is 8.96. The highest BCUT2D eigenvalue weighted by Crippen LogP contribution is 2.05. The van der Waals surface area contributed by atoms with Crippen LogP contribution in [0.1, 0.15) is 78.1 Å². The summed E-state index contributed by atoms with van der Waals surface area (Å²) >= 11 is 0. The van der Waals surface area contributed by atoms with Crippen LogP contribution in [-0.2, 0) is 18.9 Å². The first-order valence-corrected chi connectivity index (χ1v) is 13.6. The summed E-state index contributed by atoms with van der Waals surface area (Å²) in [6.07, 6.45) is 13.2. The average molecular weight is 459 g/mol. The van der Waals surface area contributed by atoms with Crippen molar-refractivity contribution in [1.82, 2.24) is 9.80 Å². The Hall–Kier alpha value is -0.240. The zero-order valence-electron chi connectivity index (χ0n) is 21.5. The molecule has 0 unspecified atom stereocenters. The standard InChI is InChI=1S/C26H54N2O4/c1-3-5-7-9-11-13-27-15-19-29-23-25-31-21-17-28(14-12-10-8-6-4-2)18-22-32-26-24-30-20-16-27/h3-26H2,1-2H3. The van der Waals surface area contributed by atoms with Crippen LogP contribution >= 0.6 is 0 Å². The minimum Gasteiger partial charge on any atom is -0.378 e. The Balaban J connectivity index is 2.28. The molecule has 0 aromatic rings. The van der Waals surface area contributed by atoms with Gasteiger partial charge in [-0.1, -0.05) is 65.2 Å². The molecule has 1 rings (SSSR count). The Labute approximate surface area is 199 Å². The molecule has 1 aliphatic rings. The molecule has 1 aliphatic heterocycles. The predicted octanol–water partition coefficient (Wildman–Crippen LogP) is 4.61. The molecule has 1 heterocycles. The van der Waals surface area contributed by atoms with E-state index < -0.39 is 0 Å². The Kier molecular flexibility index (Phi) is 22.3. The van der Waals surface area contributed by atoms with Gasteiger partial charge in [-0.2, -0.15) is 0 Å². The van der Waals surface area contributed by atoms with E-state index in [2.05, 4.69) is 23.6 Å². The molecule has 6 nitrogen and oxygen atoms in total. The van der Waals surface area contributed by atoms with E-state index in [1.54, 1.807) is 0 Å². The van der Waals surface area contributed by atoms with E-state index in [0.29, 0.717) is 26.4 Å². The van der Waals surface area contributed by atoms with Crippen molar-refractivity contribution in [3.8, 4) is 0 Å². The van der Waals surface area contributed by atoms with Gasteiger partial charge in [-0.25, -0.2) is 0 Å². The lowest BCUT2D eigenvalue weighted by molar-refractivity contribution is 0.00777. The van der Waals surface area contributed by atoms with Crippen molar-refractivity contribution in [1.29, 1.82) is 0 Å². The fraction of sp³-hybridized carbons (Fsp3) is 1.00. The van der Waals surface area contributed by atoms with E-state index in [4.69, 9.17) is 18.9 Å². The topological polar surface area (TPSA) is 43.4 Å². The lowest BCUT2D eigenvalue weighted by Crippen LogP contribution is -2.34. The van der Waals surface area contributed by atoms with Gasteiger partial charge in [-0.15, -0.1) is 0 Å². The molecule has 0 bridgehead atoms. The molecule has 192 valence electrons. The highest BCUT2D eigenvalue weighted by Gasteiger charge is 2.07. The maximum atomic E-state index is 5.84. The Morgan fingerprint density at radius 2 is 0.719 bits per heavy atom. The maximum Gasteiger partial charge on any atom is 0.0701 e. The first-order chi connectivity index (χ1) is 15.9. The van der Waals surface area contributed by atoms with Gasteiger partial charge in [-0.3, -0.25) is 9.80 Å². The highest BCUT2D eigenvalue weighted by atomic mass is 16.5. The summed E-state index contributed by atoms with van der Waals surface area (Å²) < 4.78 is 23.4. The number of hydrogen-bond donors (Lipinski definition) is 0. The largest absolute Gasteiger partial charge is 0.378 e. The van der Waals surface area contributed by atoms with Crippen LogP contribution in [0, 0.1) is 0 Å². The van der Waals surface area contributed by atoms with Crippen LogP contribution in [0.4, 0.5) is 0 Å². The Bertz CT molecular complexity index is 320. The molecule has 0 aliphatic carbocycles. The third-order valence-electron chi connectivity index (χ3n) is 6.11. The Morgan fingerprint density at radius 1 is 0.406 bits per heavy atom. The number of ether oxygens (including phenoxy) is 4. The second-order valence-electron chi connectivity index (χ2n) is 8.96. The van der Waals surface area contributed by atoms with Gasteiger partial charge in [-0.05, 0) is 25.9 Å². The summed E-state index contributed by atoms with van der Waals surface area (Å²) in [6, 6.07) is 0. The Morgan fingerprint density at radius 3 is 1.03 bits per heavy atom. The molecule has 0 spiro atoms. The molecular weight excluding hydrogens is 404 g/mol. The van der Waals surface area contributed by atoms with Crippen molar-refractivity contribution in [2.75, 3.05) is 92.1 Å². The number of unbranched alkanes of at least 4 members (excludes halogenated alkanes) is 8. The summed E-state index contributed by atoms with van der Waals surface area (Å²) in [6.45, 7) is 16.5. The van der Waals surface area contributed by atoms with Gasteiger partial charge in [0.25, 0.3) is 0 Å². The number of rotatable bonds is 12. The zero-order chi connectivity index (χ0) is 23.0. The summed E-state index contributed by atoms with van der Waals surface area (Å²) in [5.41, 5.74) is 0. The molecule has 1 saturated heterocycles. The van der Waals surface area contributed by atoms with E-state index in [9.17, 15) is 0 Å². The third-order valence-corrected chi connectivity index (χ3v) is 6.11. The van der Waals surface area contributed by atoms with Gasteiger partial charge in [0, 0.05) is 26.2 Å². The van der Waals surface area contributed by atoms with E-state index in [1.165, 1.54) is 64.2 Å². The summed E-state index contributed by atoms with van der Waals surface area (Å²) in [7, 11) is 0. The lowest BCUT2D eigenvalue weighted by Gasteiger charge is -2.23. The van der Waals surface area contributed by atoms with Crippen molar-refractivity contribution in [3.63, 3.8) is 0 Å². The monoisotopic (exact) mass is 458 g/mol. The van der Waals surface area contributed by atoms with Crippen LogP contribution in [-0.4, -0.2) is 102 Å². The van der Waals surface area contributed by atoms with Crippen molar-refractivity contribution in [2.45, 2.75) is 78.1 Å². The molecular formula is C26H54N2O4. The van der Waals surface area contributed by atoms with Gasteiger partial charge in [0.05, 0.1) is 52.9 Å². The SMILES string of the molecule is CCCCCCCN1CCOCCOCCN(CCCCCCC)CCOCCOCC1. The molecule has 32 heavy (non-hydrogen) atoms. The molecule has 0 N–H and O–H groups in total. The highest BCUT2D eigenvalue weighted by molar-refractivity contribution is 4.60. The molecule has 1 fully saturated rings. The average Bonchev–Trinajstić information content (AvgIpc) is 2.80. The normalized spacial score (nSPS) is 20.1. The summed E-state index contributed by atoms with van der Waals surface area (Å²) in [5, 5.41) is 0. The van der Waals surface area contributed by atoms with Gasteiger partial charge in [0.1, 0.15) is 0 Å². The molecule has 0 radical (unpaired) electrons. The van der Waals surface area contributed by atoms with Crippen molar-refractivity contribution < 1.29 is 18.9 Å². The number of hydrogen-bond acceptors (Lipinski definition) is 6. The van der Waals surface area contributed by atoms with Crippen LogP contribution in [0.5, 0.6) is 0 Å². The fourth-order valence-electron chi connectivity index (χ4n) is 3.97. The van der Waals surface area contributed by atoms with E-state index in [1.807, 2.05) is 0 Å². The van der Waals surface area contributed by atoms with Crippen molar-refractivity contribution in [3.05, 3.63) is 0 Å². The van der Waals surface area contributed by atoms with Crippen LogP contribution in [0.3, 0.4) is 0 Å². The minimum absolute atomic E-state index is 0.682. The van der Waals surface area contributed by atoms with Gasteiger partial charge in [0.2, 0.25) is 0 Å². The maximum absolute atomic E-state index is 5.84. The van der Waals surface area contributed by atoms with Gasteiger partial charge < -0.3 is 18.9 Å². The van der Waals surface area contributed by atoms with Crippen molar-refractivity contribution in [2.24, 2.45) is 0 Å². The summed E-state index contributed by atoms with van der Waals surface area (Å²) in [4.78, 5) is 4.96. The quantitative estimate of drug-likeness (QED) is 0.398. The first kappa shape index (κ1) is 29.8. The van der Waals surface area contributed by atoms with Crippen LogP contribution in [0.2, 0.25) is 0 Å². The molecule has 0 aromatic carbocycles. The molecule has 0 amide bonds. The van der Waals surface area contributed by atoms with E-state index in [0.717, 1.165) is 65.7 Å². The van der Waals surface area contributed by atoms with Gasteiger partial charge in [0.15, 0.2) is 0 Å². The van der Waals surface area contributed by atoms with E-state index >= 15 is 0 Å². The van der Waals surface area contributed by atoms with Crippen molar-refractivity contribution >= 4 is 0 Å². The molecule has 0 saturated carbocycles. The summed E-state index contributed by atoms with van der Waals surface area (Å²) in [5.74, 6) is 0.